The summed E-state index contributed by atoms with van der Waals surface area (Å²) in [6.45, 7) is 6.29. The normalized spacial score (nSPS) is 13.1. The number of nitrogens with zero attached hydrogens (tertiary/aromatic N) is 5. The Morgan fingerprint density at radius 3 is 2.51 bits per heavy atom. The molecule has 0 radical (unpaired) electrons. The molecule has 0 aliphatic heterocycles. The highest BCUT2D eigenvalue weighted by atomic mass is 35.5. The molecule has 5 aromatic rings. The van der Waals surface area contributed by atoms with Gasteiger partial charge in [-0.25, -0.2) is 15.0 Å². The number of rotatable bonds is 7. The minimum atomic E-state index is -0.212. The van der Waals surface area contributed by atoms with E-state index < -0.39 is 0 Å². The first-order valence-corrected chi connectivity index (χ1v) is 13.2. The van der Waals surface area contributed by atoms with Gasteiger partial charge in [0, 0.05) is 23.5 Å². The molecule has 8 nitrogen and oxygen atoms in total. The first-order valence-electron chi connectivity index (χ1n) is 11.9. The highest BCUT2D eigenvalue weighted by Crippen LogP contribution is 2.32. The van der Waals surface area contributed by atoms with Gasteiger partial charge in [0.25, 0.3) is 5.56 Å². The number of hydrogen-bond acceptors (Lipinski definition) is 8. The Morgan fingerprint density at radius 2 is 1.81 bits per heavy atom. The average Bonchev–Trinajstić information content (AvgIpc) is 3.42. The molecule has 0 fully saturated rings. The smallest absolute Gasteiger partial charge is 0.267 e. The molecule has 0 amide bonds. The number of aromatic nitrogens is 5. The van der Waals surface area contributed by atoms with Crippen LogP contribution in [0.25, 0.3) is 27.8 Å². The topological polar surface area (TPSA) is 112 Å². The van der Waals surface area contributed by atoms with E-state index in [4.69, 9.17) is 22.3 Å². The van der Waals surface area contributed by atoms with Crippen molar-refractivity contribution in [2.75, 3.05) is 11.1 Å². The van der Waals surface area contributed by atoms with Crippen LogP contribution >= 0.6 is 22.9 Å². The zero-order chi connectivity index (χ0) is 26.1. The van der Waals surface area contributed by atoms with Gasteiger partial charge in [-0.15, -0.1) is 11.3 Å². The van der Waals surface area contributed by atoms with Crippen molar-refractivity contribution in [1.82, 2.24) is 24.5 Å². The van der Waals surface area contributed by atoms with Crippen molar-refractivity contribution in [3.05, 3.63) is 86.8 Å². The molecule has 188 valence electrons. The number of nitrogens with two attached hydrogens (primary N) is 1. The number of halogens is 1. The Balaban J connectivity index is 1.67. The lowest BCUT2D eigenvalue weighted by Crippen LogP contribution is -2.36. The van der Waals surface area contributed by atoms with Gasteiger partial charge in [0.15, 0.2) is 0 Å². The second kappa shape index (κ2) is 10.3. The fourth-order valence-corrected chi connectivity index (χ4v) is 5.37. The molecule has 5 rings (SSSR count). The van der Waals surface area contributed by atoms with Crippen molar-refractivity contribution in [1.29, 1.82) is 0 Å². The van der Waals surface area contributed by atoms with Gasteiger partial charge in [-0.1, -0.05) is 56.6 Å². The minimum absolute atomic E-state index is 0.144. The molecule has 3 heterocycles. The third-order valence-corrected chi connectivity index (χ3v) is 7.27. The highest BCUT2D eigenvalue weighted by molar-refractivity contribution is 7.07. The third kappa shape index (κ3) is 4.80. The first-order chi connectivity index (χ1) is 17.8. The van der Waals surface area contributed by atoms with Gasteiger partial charge in [-0.2, -0.15) is 4.98 Å². The van der Waals surface area contributed by atoms with Crippen LogP contribution in [-0.4, -0.2) is 30.5 Å². The molecule has 10 heteroatoms. The van der Waals surface area contributed by atoms with Gasteiger partial charge in [-0.3, -0.25) is 9.36 Å². The summed E-state index contributed by atoms with van der Waals surface area (Å²) in [6.07, 6.45) is 1.68. The minimum Gasteiger partial charge on any atom is -0.368 e. The van der Waals surface area contributed by atoms with Crippen LogP contribution in [0.4, 0.5) is 11.8 Å². The summed E-state index contributed by atoms with van der Waals surface area (Å²) in [4.78, 5) is 31.9. The van der Waals surface area contributed by atoms with Crippen molar-refractivity contribution in [3.8, 4) is 16.9 Å². The van der Waals surface area contributed by atoms with Crippen LogP contribution in [0.1, 0.15) is 32.5 Å². The van der Waals surface area contributed by atoms with Gasteiger partial charge in [0.05, 0.1) is 38.4 Å². The summed E-state index contributed by atoms with van der Waals surface area (Å²) in [5.41, 5.74) is 10.3. The molecule has 3 aromatic heterocycles. The quantitative estimate of drug-likeness (QED) is 0.274. The first kappa shape index (κ1) is 24.9. The standard InChI is InChI=1S/C27H26ClN7OS/c1-15(2)23(33-24-18(12-30-27(29)34-24)21-13-37-14-31-21)16(3)25-32-20-11-7-10-19(28)22(20)26(36)35(25)17-8-5-4-6-9-17/h4-16,23H,1-3H3,(H3,29,30,33,34). The molecular weight excluding hydrogens is 506 g/mol. The number of fused-ring (bicyclic) bond motifs is 1. The lowest BCUT2D eigenvalue weighted by molar-refractivity contribution is 0.443. The number of nitrogens with one attached hydrogen (secondary N) is 1. The van der Waals surface area contributed by atoms with E-state index in [9.17, 15) is 4.79 Å². The van der Waals surface area contributed by atoms with Crippen LogP contribution in [0.2, 0.25) is 5.02 Å². The van der Waals surface area contributed by atoms with Gasteiger partial charge in [0.2, 0.25) is 5.95 Å². The molecule has 0 saturated heterocycles. The number of nitrogen functional groups attached to an aromatic ring is 1. The third-order valence-electron chi connectivity index (χ3n) is 6.37. The van der Waals surface area contributed by atoms with E-state index in [1.807, 2.05) is 41.8 Å². The van der Waals surface area contributed by atoms with Gasteiger partial charge in [0.1, 0.15) is 11.6 Å². The summed E-state index contributed by atoms with van der Waals surface area (Å²) in [5.74, 6) is 1.30. The van der Waals surface area contributed by atoms with Crippen molar-refractivity contribution >= 4 is 45.6 Å². The molecule has 3 N–H and O–H groups in total. The highest BCUT2D eigenvalue weighted by Gasteiger charge is 2.29. The molecule has 0 aliphatic carbocycles. The van der Waals surface area contributed by atoms with E-state index in [2.05, 4.69) is 41.0 Å². The summed E-state index contributed by atoms with van der Waals surface area (Å²) in [5, 5.41) is 6.30. The van der Waals surface area contributed by atoms with Gasteiger partial charge >= 0.3 is 0 Å². The number of para-hydroxylation sites is 1. The average molecular weight is 532 g/mol. The van der Waals surface area contributed by atoms with Crippen molar-refractivity contribution in [2.45, 2.75) is 32.7 Å². The fraction of sp³-hybridized carbons (Fsp3) is 0.222. The van der Waals surface area contributed by atoms with Crippen molar-refractivity contribution in [3.63, 3.8) is 0 Å². The van der Waals surface area contributed by atoms with Crippen LogP contribution in [-0.2, 0) is 0 Å². The Kier molecular flexibility index (Phi) is 6.90. The molecule has 2 aromatic carbocycles. The Hall–Kier alpha value is -3.82. The van der Waals surface area contributed by atoms with Crippen LogP contribution in [0.3, 0.4) is 0 Å². The second-order valence-electron chi connectivity index (χ2n) is 9.15. The van der Waals surface area contributed by atoms with Crippen LogP contribution < -0.4 is 16.6 Å². The Morgan fingerprint density at radius 1 is 1.03 bits per heavy atom. The molecule has 37 heavy (non-hydrogen) atoms. The van der Waals surface area contributed by atoms with E-state index in [1.165, 1.54) is 11.3 Å². The van der Waals surface area contributed by atoms with E-state index in [0.29, 0.717) is 27.6 Å². The predicted molar refractivity (Wildman–Crippen MR) is 151 cm³/mol. The van der Waals surface area contributed by atoms with Gasteiger partial charge in [-0.05, 0) is 30.2 Å². The molecule has 0 spiro atoms. The number of benzene rings is 2. The lowest BCUT2D eigenvalue weighted by atomic mass is 9.90. The summed E-state index contributed by atoms with van der Waals surface area (Å²) < 4.78 is 1.66. The van der Waals surface area contributed by atoms with E-state index in [0.717, 1.165) is 16.9 Å². The van der Waals surface area contributed by atoms with E-state index >= 15 is 0 Å². The number of hydrogen-bond donors (Lipinski definition) is 2. The molecule has 2 atom stereocenters. The molecule has 0 aliphatic rings. The number of anilines is 2. The maximum Gasteiger partial charge on any atom is 0.267 e. The van der Waals surface area contributed by atoms with E-state index in [1.54, 1.807) is 28.4 Å². The summed E-state index contributed by atoms with van der Waals surface area (Å²) in [7, 11) is 0. The molecule has 2 unspecified atom stereocenters. The lowest BCUT2D eigenvalue weighted by Gasteiger charge is -2.31. The maximum atomic E-state index is 13.9. The van der Waals surface area contributed by atoms with Crippen LogP contribution in [0.5, 0.6) is 0 Å². The molecule has 0 saturated carbocycles. The fourth-order valence-electron chi connectivity index (χ4n) is 4.56. The maximum absolute atomic E-state index is 13.9. The van der Waals surface area contributed by atoms with Crippen molar-refractivity contribution < 1.29 is 0 Å². The SMILES string of the molecule is CC(C)C(Nc1nc(N)ncc1-c1cscn1)C(C)c1nc2cccc(Cl)c2c(=O)n1-c1ccccc1. The predicted octanol–water partition coefficient (Wildman–Crippen LogP) is 5.78. The van der Waals surface area contributed by atoms with E-state index in [-0.39, 0.29) is 29.4 Å². The monoisotopic (exact) mass is 531 g/mol. The zero-order valence-corrected chi connectivity index (χ0v) is 22.2. The second-order valence-corrected chi connectivity index (χ2v) is 10.3. The molecule has 0 bridgehead atoms. The summed E-state index contributed by atoms with van der Waals surface area (Å²) in [6, 6.07) is 14.7. The Bertz CT molecular complexity index is 1600. The van der Waals surface area contributed by atoms with Crippen molar-refractivity contribution in [2.24, 2.45) is 5.92 Å². The zero-order valence-electron chi connectivity index (χ0n) is 20.6. The van der Waals surface area contributed by atoms with Crippen LogP contribution in [0, 0.1) is 5.92 Å². The van der Waals surface area contributed by atoms with Gasteiger partial charge < -0.3 is 11.1 Å². The Labute approximate surface area is 223 Å². The van der Waals surface area contributed by atoms with Crippen LogP contribution in [0.15, 0.2) is 70.4 Å². The summed E-state index contributed by atoms with van der Waals surface area (Å²) >= 11 is 7.95. The molecular formula is C27H26ClN7OS. The largest absolute Gasteiger partial charge is 0.368 e. The number of thiazole rings is 1.